The molecule has 0 radical (unpaired) electrons. The number of benzene rings is 1. The van der Waals surface area contributed by atoms with Gasteiger partial charge in [0, 0.05) is 19.1 Å². The van der Waals surface area contributed by atoms with E-state index < -0.39 is 18.2 Å². The number of hydrogen-bond donors (Lipinski definition) is 4. The number of aliphatic hydroxyl groups is 3. The average Bonchev–Trinajstić information content (AvgIpc) is 3.00. The molecule has 0 aromatic heterocycles. The van der Waals surface area contributed by atoms with Crippen LogP contribution in [0.1, 0.15) is 12.0 Å². The minimum Gasteiger partial charge on any atom is -0.497 e. The van der Waals surface area contributed by atoms with Crippen molar-refractivity contribution in [2.24, 2.45) is 10.9 Å². The molecule has 1 aromatic carbocycles. The standard InChI is InChI=1S/C16H22N2O5/c1-22-11-4-2-9(3-5-11)7-17-16-18-13-12(23-16)6-10(8-19)14(20)15(13)21/h2-5,10,12-15,19-21H,6-8H2,1H3,(H,17,18)/t10-,12-,13-,14-,15-/m1/s1. The van der Waals surface area contributed by atoms with Crippen LogP contribution in [0.5, 0.6) is 5.75 Å². The number of aliphatic hydroxyl groups excluding tert-OH is 3. The topological polar surface area (TPSA) is 104 Å². The van der Waals surface area contributed by atoms with E-state index in [2.05, 4.69) is 10.3 Å². The van der Waals surface area contributed by atoms with Crippen molar-refractivity contribution in [2.75, 3.05) is 13.7 Å². The lowest BCUT2D eigenvalue weighted by atomic mass is 9.80. The van der Waals surface area contributed by atoms with Crippen molar-refractivity contribution in [1.82, 2.24) is 5.32 Å². The van der Waals surface area contributed by atoms with Crippen LogP contribution in [0.3, 0.4) is 0 Å². The molecular weight excluding hydrogens is 300 g/mol. The molecule has 1 aromatic rings. The van der Waals surface area contributed by atoms with Gasteiger partial charge in [-0.15, -0.1) is 0 Å². The van der Waals surface area contributed by atoms with Gasteiger partial charge in [-0.25, -0.2) is 4.99 Å². The number of methoxy groups -OCH3 is 1. The van der Waals surface area contributed by atoms with Crippen LogP contribution in [0.2, 0.25) is 0 Å². The average molecular weight is 322 g/mol. The van der Waals surface area contributed by atoms with E-state index in [0.29, 0.717) is 19.0 Å². The largest absolute Gasteiger partial charge is 0.497 e. The van der Waals surface area contributed by atoms with Crippen molar-refractivity contribution in [3.8, 4) is 5.75 Å². The zero-order valence-corrected chi connectivity index (χ0v) is 12.9. The summed E-state index contributed by atoms with van der Waals surface area (Å²) >= 11 is 0. The Bertz CT molecular complexity index is 562. The number of hydrogen-bond acceptors (Lipinski definition) is 7. The van der Waals surface area contributed by atoms with Crippen LogP contribution in [0, 0.1) is 5.92 Å². The molecule has 3 rings (SSSR count). The van der Waals surface area contributed by atoms with Crippen molar-refractivity contribution in [1.29, 1.82) is 0 Å². The molecule has 7 heteroatoms. The molecular formula is C16H22N2O5. The highest BCUT2D eigenvalue weighted by atomic mass is 16.5. The molecule has 2 aliphatic rings. The summed E-state index contributed by atoms with van der Waals surface area (Å²) in [5.74, 6) is 0.406. The molecule has 0 bridgehead atoms. The molecule has 23 heavy (non-hydrogen) atoms. The first-order chi connectivity index (χ1) is 11.1. The van der Waals surface area contributed by atoms with Crippen LogP contribution in [-0.4, -0.2) is 59.4 Å². The number of ether oxygens (including phenoxy) is 2. The quantitative estimate of drug-likeness (QED) is 0.604. The van der Waals surface area contributed by atoms with E-state index in [1.807, 2.05) is 24.3 Å². The number of fused-ring (bicyclic) bond motifs is 1. The van der Waals surface area contributed by atoms with Gasteiger partial charge in [-0.05, 0) is 24.1 Å². The van der Waals surface area contributed by atoms with Gasteiger partial charge in [0.25, 0.3) is 6.02 Å². The highest BCUT2D eigenvalue weighted by molar-refractivity contribution is 5.75. The summed E-state index contributed by atoms with van der Waals surface area (Å²) in [7, 11) is 1.62. The Hall–Kier alpha value is -1.83. The second-order valence-corrected chi connectivity index (χ2v) is 5.94. The predicted molar refractivity (Wildman–Crippen MR) is 83.1 cm³/mol. The maximum Gasteiger partial charge on any atom is 0.285 e. The Labute approximate surface area is 134 Å². The van der Waals surface area contributed by atoms with Crippen molar-refractivity contribution in [3.05, 3.63) is 29.8 Å². The predicted octanol–water partition coefficient (Wildman–Crippen LogP) is -0.358. The van der Waals surface area contributed by atoms with Gasteiger partial charge in [0.05, 0.1) is 13.2 Å². The van der Waals surface area contributed by atoms with Gasteiger partial charge in [-0.3, -0.25) is 0 Å². The van der Waals surface area contributed by atoms with Gasteiger partial charge in [0.15, 0.2) is 0 Å². The Kier molecular flexibility index (Phi) is 4.70. The third-order valence-electron chi connectivity index (χ3n) is 4.47. The summed E-state index contributed by atoms with van der Waals surface area (Å²) in [5, 5.41) is 32.4. The van der Waals surface area contributed by atoms with Gasteiger partial charge in [-0.2, -0.15) is 0 Å². The Morgan fingerprint density at radius 1 is 1.26 bits per heavy atom. The maximum atomic E-state index is 10.1. The minimum absolute atomic E-state index is 0.181. The van der Waals surface area contributed by atoms with Crippen molar-refractivity contribution in [2.45, 2.75) is 37.3 Å². The van der Waals surface area contributed by atoms with E-state index in [1.54, 1.807) is 7.11 Å². The molecule has 126 valence electrons. The van der Waals surface area contributed by atoms with Crippen molar-refractivity contribution in [3.63, 3.8) is 0 Å². The fraction of sp³-hybridized carbons (Fsp3) is 0.562. The van der Waals surface area contributed by atoms with Gasteiger partial charge < -0.3 is 30.1 Å². The normalized spacial score (nSPS) is 32.7. The molecule has 0 amide bonds. The molecule has 0 unspecified atom stereocenters. The lowest BCUT2D eigenvalue weighted by molar-refractivity contribution is -0.0948. The monoisotopic (exact) mass is 322 g/mol. The van der Waals surface area contributed by atoms with Gasteiger partial charge in [0.1, 0.15) is 24.0 Å². The van der Waals surface area contributed by atoms with E-state index in [1.165, 1.54) is 0 Å². The summed E-state index contributed by atoms with van der Waals surface area (Å²) in [4.78, 5) is 4.33. The molecule has 5 atom stereocenters. The van der Waals surface area contributed by atoms with E-state index in [-0.39, 0.29) is 18.6 Å². The van der Waals surface area contributed by atoms with Crippen molar-refractivity contribution < 1.29 is 24.8 Å². The van der Waals surface area contributed by atoms with E-state index >= 15 is 0 Å². The summed E-state index contributed by atoms with van der Waals surface area (Å²) in [6.45, 7) is 0.351. The lowest BCUT2D eigenvalue weighted by Crippen LogP contribution is -2.52. The first kappa shape index (κ1) is 16.0. The Morgan fingerprint density at radius 3 is 2.65 bits per heavy atom. The number of aliphatic imine (C=N–C) groups is 1. The molecule has 4 N–H and O–H groups in total. The lowest BCUT2D eigenvalue weighted by Gasteiger charge is -2.36. The van der Waals surface area contributed by atoms with Crippen LogP contribution >= 0.6 is 0 Å². The highest BCUT2D eigenvalue weighted by Gasteiger charge is 2.47. The summed E-state index contributed by atoms with van der Waals surface area (Å²) in [5.41, 5.74) is 1.04. The molecule has 1 aliphatic carbocycles. The maximum absolute atomic E-state index is 10.1. The van der Waals surface area contributed by atoms with E-state index in [0.717, 1.165) is 11.3 Å². The van der Waals surface area contributed by atoms with Crippen LogP contribution < -0.4 is 10.1 Å². The van der Waals surface area contributed by atoms with E-state index in [4.69, 9.17) is 9.47 Å². The molecule has 1 fully saturated rings. The number of amidine groups is 1. The third-order valence-corrected chi connectivity index (χ3v) is 4.47. The first-order valence-electron chi connectivity index (χ1n) is 7.70. The minimum atomic E-state index is -1.02. The molecule has 0 spiro atoms. The van der Waals surface area contributed by atoms with E-state index in [9.17, 15) is 15.3 Å². The molecule has 1 saturated carbocycles. The number of rotatable bonds is 4. The van der Waals surface area contributed by atoms with Gasteiger partial charge >= 0.3 is 0 Å². The third kappa shape index (κ3) is 3.26. The second-order valence-electron chi connectivity index (χ2n) is 5.94. The van der Waals surface area contributed by atoms with Crippen molar-refractivity contribution >= 4 is 6.02 Å². The molecule has 7 nitrogen and oxygen atoms in total. The number of nitrogens with one attached hydrogen (secondary N) is 1. The Morgan fingerprint density at radius 2 is 2.00 bits per heavy atom. The molecule has 0 saturated heterocycles. The Balaban J connectivity index is 1.60. The highest BCUT2D eigenvalue weighted by Crippen LogP contribution is 2.32. The smallest absolute Gasteiger partial charge is 0.285 e. The first-order valence-corrected chi connectivity index (χ1v) is 7.70. The zero-order valence-electron chi connectivity index (χ0n) is 12.9. The van der Waals surface area contributed by atoms with Crippen LogP contribution in [-0.2, 0) is 11.3 Å². The summed E-state index contributed by atoms with van der Waals surface area (Å²) in [6, 6.07) is 7.50. The van der Waals surface area contributed by atoms with Gasteiger partial charge in [-0.1, -0.05) is 12.1 Å². The summed E-state index contributed by atoms with van der Waals surface area (Å²) < 4.78 is 10.8. The molecule has 1 aliphatic heterocycles. The number of nitrogens with zero attached hydrogens (tertiary/aromatic N) is 1. The van der Waals surface area contributed by atoms with Crippen LogP contribution in [0.4, 0.5) is 0 Å². The fourth-order valence-corrected chi connectivity index (χ4v) is 3.06. The fourth-order valence-electron chi connectivity index (χ4n) is 3.06. The summed E-state index contributed by atoms with van der Waals surface area (Å²) in [6.07, 6.45) is -1.85. The van der Waals surface area contributed by atoms with Crippen LogP contribution in [0.25, 0.3) is 0 Å². The van der Waals surface area contributed by atoms with Gasteiger partial charge in [0.2, 0.25) is 0 Å². The second kappa shape index (κ2) is 6.74. The zero-order chi connectivity index (χ0) is 16.4. The molecule has 1 heterocycles. The SMILES string of the molecule is COc1ccc(CNC2=N[C@H]3[C@@H](O)[C@H](O)[C@@H](CO)C[C@H]3O2)cc1. The van der Waals surface area contributed by atoms with Crippen LogP contribution in [0.15, 0.2) is 29.3 Å².